The molecule has 19 heavy (non-hydrogen) atoms. The van der Waals surface area contributed by atoms with Crippen molar-refractivity contribution in [2.24, 2.45) is 5.73 Å². The van der Waals surface area contributed by atoms with Crippen LogP contribution in [0.4, 0.5) is 5.82 Å². The first-order chi connectivity index (χ1) is 9.28. The first-order valence-electron chi connectivity index (χ1n) is 6.41. The number of hydrogen-bond donors (Lipinski definition) is 1. The van der Waals surface area contributed by atoms with Crippen molar-refractivity contribution in [2.45, 2.75) is 32.0 Å². The van der Waals surface area contributed by atoms with Gasteiger partial charge in [0, 0.05) is 18.8 Å². The molecule has 1 fully saturated rings. The Hall–Kier alpha value is -1.52. The number of anilines is 1. The van der Waals surface area contributed by atoms with Crippen molar-refractivity contribution in [3.8, 4) is 0 Å². The van der Waals surface area contributed by atoms with E-state index in [2.05, 4.69) is 9.88 Å². The molecule has 0 amide bonds. The van der Waals surface area contributed by atoms with Gasteiger partial charge in [0.25, 0.3) is 0 Å². The summed E-state index contributed by atoms with van der Waals surface area (Å²) in [6.07, 6.45) is 5.77. The molecule has 100 valence electrons. The van der Waals surface area contributed by atoms with E-state index in [0.29, 0.717) is 17.6 Å². The van der Waals surface area contributed by atoms with Gasteiger partial charge in [-0.1, -0.05) is 11.6 Å². The number of aromatic nitrogens is 1. The van der Waals surface area contributed by atoms with E-state index in [0.717, 1.165) is 23.7 Å². The zero-order chi connectivity index (χ0) is 13.2. The number of nitrogens with zero attached hydrogens (tertiary/aromatic N) is 2. The summed E-state index contributed by atoms with van der Waals surface area (Å²) in [5, 5.41) is 0.625. The molecule has 1 aliphatic carbocycles. The van der Waals surface area contributed by atoms with Gasteiger partial charge in [-0.15, -0.1) is 0 Å². The molecule has 2 aromatic rings. The zero-order valence-corrected chi connectivity index (χ0v) is 11.3. The molecular formula is C14H16ClN3O. The third-order valence-corrected chi connectivity index (χ3v) is 3.67. The molecule has 3 rings (SSSR count). The van der Waals surface area contributed by atoms with E-state index in [-0.39, 0.29) is 0 Å². The lowest BCUT2D eigenvalue weighted by Gasteiger charge is -2.23. The van der Waals surface area contributed by atoms with Crippen molar-refractivity contribution in [3.63, 3.8) is 0 Å². The molecule has 0 aromatic carbocycles. The Morgan fingerprint density at radius 1 is 1.47 bits per heavy atom. The van der Waals surface area contributed by atoms with E-state index in [9.17, 15) is 0 Å². The Morgan fingerprint density at radius 3 is 2.95 bits per heavy atom. The Morgan fingerprint density at radius 2 is 2.32 bits per heavy atom. The van der Waals surface area contributed by atoms with Crippen molar-refractivity contribution in [1.29, 1.82) is 0 Å². The van der Waals surface area contributed by atoms with E-state index in [1.165, 1.54) is 12.8 Å². The van der Waals surface area contributed by atoms with Crippen molar-refractivity contribution < 1.29 is 4.42 Å². The van der Waals surface area contributed by atoms with Gasteiger partial charge < -0.3 is 15.1 Å². The first-order valence-corrected chi connectivity index (χ1v) is 6.79. The number of halogens is 1. The maximum absolute atomic E-state index is 6.06. The second-order valence-electron chi connectivity index (χ2n) is 4.78. The smallest absolute Gasteiger partial charge is 0.129 e. The first kappa shape index (κ1) is 12.5. The molecule has 2 heterocycles. The van der Waals surface area contributed by atoms with E-state index in [1.807, 2.05) is 18.2 Å². The number of pyridine rings is 1. The molecule has 0 spiro atoms. The van der Waals surface area contributed by atoms with Crippen LogP contribution in [0.1, 0.15) is 24.2 Å². The molecule has 5 heteroatoms. The Kier molecular flexibility index (Phi) is 3.44. The number of hydrogen-bond acceptors (Lipinski definition) is 4. The summed E-state index contributed by atoms with van der Waals surface area (Å²) in [7, 11) is 0. The van der Waals surface area contributed by atoms with Crippen LogP contribution in [0.15, 0.2) is 35.1 Å². The summed E-state index contributed by atoms with van der Waals surface area (Å²) in [6, 6.07) is 6.41. The van der Waals surface area contributed by atoms with Gasteiger partial charge in [0.1, 0.15) is 11.6 Å². The van der Waals surface area contributed by atoms with Crippen LogP contribution < -0.4 is 10.6 Å². The van der Waals surface area contributed by atoms with E-state index < -0.39 is 0 Å². The summed E-state index contributed by atoms with van der Waals surface area (Å²) in [5.41, 5.74) is 6.63. The number of furan rings is 1. The predicted octanol–water partition coefficient (Wildman–Crippen LogP) is 2.96. The summed E-state index contributed by atoms with van der Waals surface area (Å²) in [5.74, 6) is 1.86. The zero-order valence-electron chi connectivity index (χ0n) is 10.6. The molecule has 2 N–H and O–H groups in total. The lowest BCUT2D eigenvalue weighted by molar-refractivity contribution is 0.500. The van der Waals surface area contributed by atoms with Crippen molar-refractivity contribution >= 4 is 17.4 Å². The van der Waals surface area contributed by atoms with E-state index in [4.69, 9.17) is 21.8 Å². The van der Waals surface area contributed by atoms with Crippen molar-refractivity contribution in [1.82, 2.24) is 4.98 Å². The monoisotopic (exact) mass is 277 g/mol. The van der Waals surface area contributed by atoms with Gasteiger partial charge in [0.05, 0.1) is 17.8 Å². The molecule has 1 aliphatic rings. The fourth-order valence-electron chi connectivity index (χ4n) is 2.14. The van der Waals surface area contributed by atoms with Gasteiger partial charge in [0.15, 0.2) is 0 Å². The second kappa shape index (κ2) is 5.23. The van der Waals surface area contributed by atoms with Crippen LogP contribution in [0.2, 0.25) is 5.02 Å². The van der Waals surface area contributed by atoms with Gasteiger partial charge in [-0.2, -0.15) is 0 Å². The second-order valence-corrected chi connectivity index (χ2v) is 5.18. The Bertz CT molecular complexity index is 552. The molecule has 0 bridgehead atoms. The molecule has 2 aromatic heterocycles. The highest BCUT2D eigenvalue weighted by Gasteiger charge is 2.30. The average Bonchev–Trinajstić information content (AvgIpc) is 3.14. The molecule has 0 saturated heterocycles. The van der Waals surface area contributed by atoms with Crippen LogP contribution >= 0.6 is 11.6 Å². The van der Waals surface area contributed by atoms with Crippen LogP contribution in [0.25, 0.3) is 0 Å². The summed E-state index contributed by atoms with van der Waals surface area (Å²) < 4.78 is 5.42. The lowest BCUT2D eigenvalue weighted by Crippen LogP contribution is -2.26. The average molecular weight is 278 g/mol. The molecular weight excluding hydrogens is 262 g/mol. The molecule has 4 nitrogen and oxygen atoms in total. The molecule has 0 aliphatic heterocycles. The minimum Gasteiger partial charge on any atom is -0.467 e. The fourth-order valence-corrected chi connectivity index (χ4v) is 2.32. The van der Waals surface area contributed by atoms with Gasteiger partial charge in [-0.05, 0) is 36.6 Å². The van der Waals surface area contributed by atoms with Crippen LogP contribution in [0, 0.1) is 0 Å². The van der Waals surface area contributed by atoms with Crippen molar-refractivity contribution in [3.05, 3.63) is 47.0 Å². The van der Waals surface area contributed by atoms with Gasteiger partial charge in [-0.3, -0.25) is 0 Å². The number of rotatable bonds is 5. The van der Waals surface area contributed by atoms with E-state index >= 15 is 0 Å². The lowest BCUT2D eigenvalue weighted by atomic mass is 10.2. The molecule has 0 atom stereocenters. The van der Waals surface area contributed by atoms with E-state index in [1.54, 1.807) is 12.5 Å². The van der Waals surface area contributed by atoms with Crippen LogP contribution in [-0.4, -0.2) is 11.0 Å². The van der Waals surface area contributed by atoms with Gasteiger partial charge in [0.2, 0.25) is 0 Å². The topological polar surface area (TPSA) is 55.3 Å². The SMILES string of the molecule is NCc1cc(N(Cc2ccco2)C2CC2)ncc1Cl. The largest absolute Gasteiger partial charge is 0.467 e. The molecule has 1 saturated carbocycles. The summed E-state index contributed by atoms with van der Waals surface area (Å²) in [4.78, 5) is 6.68. The fraction of sp³-hybridized carbons (Fsp3) is 0.357. The number of nitrogens with two attached hydrogens (primary N) is 1. The van der Waals surface area contributed by atoms with Crippen LogP contribution in [0.5, 0.6) is 0 Å². The van der Waals surface area contributed by atoms with Gasteiger partial charge in [-0.25, -0.2) is 4.98 Å². The third-order valence-electron chi connectivity index (χ3n) is 3.33. The summed E-state index contributed by atoms with van der Waals surface area (Å²) in [6.45, 7) is 1.16. The standard InChI is InChI=1S/C14H16ClN3O/c15-13-8-17-14(6-10(13)7-16)18(11-3-4-11)9-12-2-1-5-19-12/h1-2,5-6,8,11H,3-4,7,9,16H2. The summed E-state index contributed by atoms with van der Waals surface area (Å²) >= 11 is 6.06. The van der Waals surface area contributed by atoms with Gasteiger partial charge >= 0.3 is 0 Å². The highest BCUT2D eigenvalue weighted by atomic mass is 35.5. The highest BCUT2D eigenvalue weighted by Crippen LogP contribution is 2.33. The molecule has 0 radical (unpaired) electrons. The normalized spacial score (nSPS) is 14.6. The Labute approximate surface area is 117 Å². The maximum Gasteiger partial charge on any atom is 0.129 e. The van der Waals surface area contributed by atoms with Crippen molar-refractivity contribution in [2.75, 3.05) is 4.90 Å². The highest BCUT2D eigenvalue weighted by molar-refractivity contribution is 6.31. The predicted molar refractivity (Wildman–Crippen MR) is 75.1 cm³/mol. The third kappa shape index (κ3) is 2.74. The Balaban J connectivity index is 1.87. The minimum absolute atomic E-state index is 0.424. The minimum atomic E-state index is 0.424. The quantitative estimate of drug-likeness (QED) is 0.913. The molecule has 0 unspecified atom stereocenters. The maximum atomic E-state index is 6.06. The van der Waals surface area contributed by atoms with Crippen LogP contribution in [0.3, 0.4) is 0 Å². The van der Waals surface area contributed by atoms with Crippen LogP contribution in [-0.2, 0) is 13.1 Å².